The summed E-state index contributed by atoms with van der Waals surface area (Å²) in [6.45, 7) is 7.27. The van der Waals surface area contributed by atoms with Crippen LogP contribution in [0.25, 0.3) is 0 Å². The molecule has 192 valence electrons. The summed E-state index contributed by atoms with van der Waals surface area (Å²) in [4.78, 5) is 50.9. The van der Waals surface area contributed by atoms with Gasteiger partial charge in [-0.2, -0.15) is 0 Å². The molecule has 8 nitrogen and oxygen atoms in total. The van der Waals surface area contributed by atoms with Crippen LogP contribution in [0.2, 0.25) is 0 Å². The molecule has 0 aliphatic heterocycles. The van der Waals surface area contributed by atoms with Crippen molar-refractivity contribution in [1.29, 1.82) is 0 Å². The number of carbonyl (C=O) groups excluding carboxylic acids is 4. The largest absolute Gasteiger partial charge is 0.465 e. The van der Waals surface area contributed by atoms with Crippen molar-refractivity contribution in [3.63, 3.8) is 0 Å². The second kappa shape index (κ2) is 10.5. The first-order valence-corrected chi connectivity index (χ1v) is 11.7. The summed E-state index contributed by atoms with van der Waals surface area (Å²) >= 11 is 0. The third-order valence-corrected chi connectivity index (χ3v) is 7.35. The molecule has 2 aromatic rings. The van der Waals surface area contributed by atoms with Crippen LogP contribution in [0, 0.1) is 27.7 Å². The predicted octanol–water partition coefficient (Wildman–Crippen LogP) is 3.95. The molecule has 1 aliphatic carbocycles. The van der Waals surface area contributed by atoms with E-state index in [1.807, 2.05) is 27.7 Å². The molecule has 0 amide bonds. The number of methoxy groups -OCH3 is 4. The number of ether oxygens (including phenoxy) is 4. The van der Waals surface area contributed by atoms with Crippen molar-refractivity contribution in [2.24, 2.45) is 0 Å². The van der Waals surface area contributed by atoms with Gasteiger partial charge < -0.3 is 18.9 Å². The average molecular weight is 497 g/mol. The molecular weight excluding hydrogens is 464 g/mol. The molecule has 0 N–H and O–H groups in total. The van der Waals surface area contributed by atoms with Crippen LogP contribution in [0.1, 0.15) is 85.9 Å². The van der Waals surface area contributed by atoms with E-state index in [-0.39, 0.29) is 22.3 Å². The minimum Gasteiger partial charge on any atom is -0.465 e. The molecule has 8 heteroatoms. The highest BCUT2D eigenvalue weighted by atomic mass is 16.5. The van der Waals surface area contributed by atoms with Gasteiger partial charge in [0.15, 0.2) is 0 Å². The molecule has 0 unspecified atom stereocenters. The van der Waals surface area contributed by atoms with Gasteiger partial charge in [0.25, 0.3) is 0 Å². The topological polar surface area (TPSA) is 105 Å². The molecule has 0 saturated carbocycles. The average Bonchev–Trinajstić information content (AvgIpc) is 2.86. The van der Waals surface area contributed by atoms with Crippen LogP contribution in [-0.4, -0.2) is 52.3 Å². The van der Waals surface area contributed by atoms with Crippen molar-refractivity contribution in [2.45, 2.75) is 53.4 Å². The minimum atomic E-state index is -0.594. The van der Waals surface area contributed by atoms with E-state index in [9.17, 15) is 19.2 Å². The first kappa shape index (κ1) is 26.9. The smallest absolute Gasteiger partial charge is 0.339 e. The Hall–Kier alpha value is -3.68. The zero-order valence-electron chi connectivity index (χ0n) is 22.1. The molecule has 36 heavy (non-hydrogen) atoms. The van der Waals surface area contributed by atoms with Crippen LogP contribution in [-0.2, 0) is 44.6 Å². The number of fused-ring (bicyclic) bond motifs is 2. The number of hydrogen-bond acceptors (Lipinski definition) is 8. The second-order valence-electron chi connectivity index (χ2n) is 8.88. The Morgan fingerprint density at radius 2 is 0.583 bits per heavy atom. The maximum absolute atomic E-state index is 12.7. The van der Waals surface area contributed by atoms with Gasteiger partial charge in [-0.1, -0.05) is 0 Å². The second-order valence-corrected chi connectivity index (χ2v) is 8.88. The van der Waals surface area contributed by atoms with Gasteiger partial charge in [0.1, 0.15) is 0 Å². The third kappa shape index (κ3) is 4.25. The predicted molar refractivity (Wildman–Crippen MR) is 132 cm³/mol. The van der Waals surface area contributed by atoms with Crippen LogP contribution in [0.5, 0.6) is 0 Å². The minimum absolute atomic E-state index is 0.214. The van der Waals surface area contributed by atoms with Gasteiger partial charge in [0.05, 0.1) is 50.7 Å². The van der Waals surface area contributed by atoms with Crippen LogP contribution in [0.3, 0.4) is 0 Å². The van der Waals surface area contributed by atoms with Gasteiger partial charge in [0.2, 0.25) is 0 Å². The molecule has 0 heterocycles. The summed E-state index contributed by atoms with van der Waals surface area (Å²) in [6, 6.07) is 0. The van der Waals surface area contributed by atoms with E-state index in [1.54, 1.807) is 0 Å². The fourth-order valence-corrected chi connectivity index (χ4v) is 5.54. The summed E-state index contributed by atoms with van der Waals surface area (Å²) in [5.74, 6) is -2.37. The molecule has 2 aromatic carbocycles. The summed E-state index contributed by atoms with van der Waals surface area (Å²) in [5, 5.41) is 0. The Labute approximate surface area is 210 Å². The lowest BCUT2D eigenvalue weighted by molar-refractivity contribution is 0.0553. The van der Waals surface area contributed by atoms with Crippen LogP contribution >= 0.6 is 0 Å². The number of hydrogen-bond donors (Lipinski definition) is 0. The molecule has 0 aromatic heterocycles. The maximum atomic E-state index is 12.7. The van der Waals surface area contributed by atoms with E-state index in [1.165, 1.54) is 28.4 Å². The first-order chi connectivity index (χ1) is 17.0. The van der Waals surface area contributed by atoms with Crippen LogP contribution < -0.4 is 0 Å². The standard InChI is InChI=1S/C28H32O8/c1-13-17-9-10-19-15(3)23(27(31)35-7)24(28(32)36-8)16(4)20(19)12-11-18(17)14(2)22(26(30)34-6)21(13)25(29)33-5/h9-12H2,1-8H3. The van der Waals surface area contributed by atoms with E-state index in [0.717, 1.165) is 22.3 Å². The molecule has 0 bridgehead atoms. The number of benzene rings is 2. The van der Waals surface area contributed by atoms with Gasteiger partial charge in [0, 0.05) is 0 Å². The van der Waals surface area contributed by atoms with Crippen molar-refractivity contribution < 1.29 is 38.1 Å². The molecule has 3 rings (SSSR count). The van der Waals surface area contributed by atoms with E-state index < -0.39 is 23.9 Å². The van der Waals surface area contributed by atoms with Crippen molar-refractivity contribution in [3.8, 4) is 0 Å². The lowest BCUT2D eigenvalue weighted by atomic mass is 9.77. The summed E-state index contributed by atoms with van der Waals surface area (Å²) in [5.41, 5.74) is 7.47. The monoisotopic (exact) mass is 496 g/mol. The molecule has 1 aliphatic rings. The fourth-order valence-electron chi connectivity index (χ4n) is 5.54. The normalized spacial score (nSPS) is 12.4. The van der Waals surface area contributed by atoms with Gasteiger partial charge in [-0.05, 0) is 97.9 Å². The molecular formula is C28H32O8. The van der Waals surface area contributed by atoms with E-state index in [2.05, 4.69) is 0 Å². The fraction of sp³-hybridized carbons (Fsp3) is 0.429. The Bertz CT molecular complexity index is 1090. The van der Waals surface area contributed by atoms with Gasteiger partial charge in [-0.15, -0.1) is 0 Å². The lowest BCUT2D eigenvalue weighted by Gasteiger charge is -2.27. The van der Waals surface area contributed by atoms with Gasteiger partial charge in [-0.25, -0.2) is 19.2 Å². The zero-order valence-corrected chi connectivity index (χ0v) is 22.1. The quantitative estimate of drug-likeness (QED) is 0.463. The Kier molecular flexibility index (Phi) is 7.86. The number of esters is 4. The molecule has 0 saturated heterocycles. The highest BCUT2D eigenvalue weighted by molar-refractivity contribution is 6.07. The van der Waals surface area contributed by atoms with Crippen molar-refractivity contribution in [2.75, 3.05) is 28.4 Å². The SMILES string of the molecule is COC(=O)c1c(C)c2c(c(C)c1C(=O)OC)CCc1c(C)c(C(=O)OC)c(C(=O)OC)c(C)c1CC2. The lowest BCUT2D eigenvalue weighted by Crippen LogP contribution is -2.23. The summed E-state index contributed by atoms with van der Waals surface area (Å²) < 4.78 is 20.0. The van der Waals surface area contributed by atoms with Crippen molar-refractivity contribution >= 4 is 23.9 Å². The Morgan fingerprint density at radius 1 is 0.417 bits per heavy atom. The van der Waals surface area contributed by atoms with Crippen molar-refractivity contribution in [1.82, 2.24) is 0 Å². The zero-order chi connectivity index (χ0) is 26.9. The Balaban J connectivity index is 2.30. The van der Waals surface area contributed by atoms with Crippen LogP contribution in [0.4, 0.5) is 0 Å². The van der Waals surface area contributed by atoms with Crippen molar-refractivity contribution in [3.05, 3.63) is 66.8 Å². The van der Waals surface area contributed by atoms with E-state index >= 15 is 0 Å². The number of carbonyl (C=O) groups is 4. The summed E-state index contributed by atoms with van der Waals surface area (Å²) in [7, 11) is 5.13. The first-order valence-electron chi connectivity index (χ1n) is 11.7. The molecule has 0 radical (unpaired) electrons. The molecule has 0 atom stereocenters. The highest BCUT2D eigenvalue weighted by Crippen LogP contribution is 2.36. The van der Waals surface area contributed by atoms with Gasteiger partial charge >= 0.3 is 23.9 Å². The molecule has 0 spiro atoms. The van der Waals surface area contributed by atoms with Gasteiger partial charge in [-0.3, -0.25) is 0 Å². The highest BCUT2D eigenvalue weighted by Gasteiger charge is 2.32. The third-order valence-electron chi connectivity index (χ3n) is 7.35. The molecule has 0 fully saturated rings. The Morgan fingerprint density at radius 3 is 0.722 bits per heavy atom. The number of rotatable bonds is 4. The maximum Gasteiger partial charge on any atom is 0.339 e. The van der Waals surface area contributed by atoms with Crippen LogP contribution in [0.15, 0.2) is 0 Å². The summed E-state index contributed by atoms with van der Waals surface area (Å²) in [6.07, 6.45) is 2.27. The van der Waals surface area contributed by atoms with E-state index in [0.29, 0.717) is 47.9 Å². The van der Waals surface area contributed by atoms with E-state index in [4.69, 9.17) is 18.9 Å².